The van der Waals surface area contributed by atoms with Crippen molar-refractivity contribution in [1.29, 1.82) is 0 Å². The van der Waals surface area contributed by atoms with Crippen LogP contribution in [0.2, 0.25) is 0 Å². The zero-order valence-corrected chi connectivity index (χ0v) is 33.2. The summed E-state index contributed by atoms with van der Waals surface area (Å²) in [5.74, 6) is 1.88. The largest absolute Gasteiger partial charge is 0.456 e. The van der Waals surface area contributed by atoms with Gasteiger partial charge in [-0.1, -0.05) is 153 Å². The average molecular weight is 774 g/mol. The molecular formula is C54H35N3OS. The van der Waals surface area contributed by atoms with Gasteiger partial charge >= 0.3 is 0 Å². The van der Waals surface area contributed by atoms with E-state index >= 15 is 0 Å². The zero-order valence-electron chi connectivity index (χ0n) is 32.4. The molecule has 1 aliphatic rings. The van der Waals surface area contributed by atoms with Crippen molar-refractivity contribution in [3.05, 3.63) is 187 Å². The molecule has 278 valence electrons. The highest BCUT2D eigenvalue weighted by atomic mass is 32.1. The van der Waals surface area contributed by atoms with Gasteiger partial charge in [-0.05, 0) is 80.9 Å². The molecule has 59 heavy (non-hydrogen) atoms. The number of thiophene rings is 1. The van der Waals surface area contributed by atoms with E-state index in [-0.39, 0.29) is 5.41 Å². The van der Waals surface area contributed by atoms with Crippen LogP contribution in [-0.4, -0.2) is 15.0 Å². The SMILES string of the molecule is CC1(C)c2ccccc2-c2c(-c3cccc(-c4ccc5oc6cccc(-c7nc(-c8ccccc8)nc(-c8cccc9c8sc8ccccc89)n7)c6c5c4)c3)cccc21. The molecule has 0 unspecified atom stereocenters. The Bertz CT molecular complexity index is 3490. The van der Waals surface area contributed by atoms with E-state index in [9.17, 15) is 0 Å². The van der Waals surface area contributed by atoms with Crippen LogP contribution >= 0.6 is 11.3 Å². The Labute approximate surface area is 345 Å². The molecule has 0 amide bonds. The summed E-state index contributed by atoms with van der Waals surface area (Å²) in [4.78, 5) is 15.6. The third kappa shape index (κ3) is 5.25. The lowest BCUT2D eigenvalue weighted by molar-refractivity contribution is 0.660. The van der Waals surface area contributed by atoms with E-state index in [0.29, 0.717) is 17.5 Å². The Morgan fingerprint density at radius 2 is 1.05 bits per heavy atom. The van der Waals surface area contributed by atoms with Crippen LogP contribution in [0.5, 0.6) is 0 Å². The molecule has 0 aliphatic heterocycles. The van der Waals surface area contributed by atoms with Crippen molar-refractivity contribution in [3.63, 3.8) is 0 Å². The van der Waals surface area contributed by atoms with E-state index in [1.807, 2.05) is 30.3 Å². The lowest BCUT2D eigenvalue weighted by atomic mass is 9.82. The summed E-state index contributed by atoms with van der Waals surface area (Å²) < 4.78 is 8.96. The summed E-state index contributed by atoms with van der Waals surface area (Å²) >= 11 is 1.78. The van der Waals surface area contributed by atoms with Gasteiger partial charge in [-0.15, -0.1) is 11.3 Å². The highest BCUT2D eigenvalue weighted by Gasteiger charge is 2.36. The standard InChI is InChI=1S/C54H35N3OS/c1-54(2)43-24-8-6-19-39(43)48-36(20-12-25-44(48)54)35-17-10-16-33(30-35)34-28-29-45-42(31-34)49-40(22-13-26-46(49)58-45)52-55-51(32-14-4-3-5-15-32)56-53(57-52)41-23-11-21-38-37-18-7-9-27-47(37)59-50(38)41/h3-31H,1-2H3. The van der Waals surface area contributed by atoms with Gasteiger partial charge in [-0.2, -0.15) is 0 Å². The van der Waals surface area contributed by atoms with Crippen molar-refractivity contribution >= 4 is 53.4 Å². The molecular weight excluding hydrogens is 739 g/mol. The van der Waals surface area contributed by atoms with Crippen LogP contribution in [0.15, 0.2) is 180 Å². The van der Waals surface area contributed by atoms with Gasteiger partial charge in [-0.25, -0.2) is 15.0 Å². The van der Waals surface area contributed by atoms with Gasteiger partial charge in [0.05, 0.1) is 0 Å². The fourth-order valence-corrected chi connectivity index (χ4v) is 10.5. The molecule has 5 heteroatoms. The highest BCUT2D eigenvalue weighted by Crippen LogP contribution is 2.52. The minimum absolute atomic E-state index is 0.0578. The maximum Gasteiger partial charge on any atom is 0.165 e. The van der Waals surface area contributed by atoms with Crippen LogP contribution in [0.3, 0.4) is 0 Å². The number of fused-ring (bicyclic) bond motifs is 9. The molecule has 8 aromatic carbocycles. The average Bonchev–Trinajstić information content (AvgIpc) is 3.94. The van der Waals surface area contributed by atoms with Crippen molar-refractivity contribution in [2.45, 2.75) is 19.3 Å². The monoisotopic (exact) mass is 773 g/mol. The molecule has 0 atom stereocenters. The lowest BCUT2D eigenvalue weighted by Gasteiger charge is -2.21. The number of nitrogens with zero attached hydrogens (tertiary/aromatic N) is 3. The lowest BCUT2D eigenvalue weighted by Crippen LogP contribution is -2.14. The van der Waals surface area contributed by atoms with Crippen LogP contribution in [0.1, 0.15) is 25.0 Å². The smallest absolute Gasteiger partial charge is 0.165 e. The summed E-state index contributed by atoms with van der Waals surface area (Å²) in [6, 6.07) is 62.4. The van der Waals surface area contributed by atoms with Crippen molar-refractivity contribution in [2.75, 3.05) is 0 Å². The summed E-state index contributed by atoms with van der Waals surface area (Å²) in [6.07, 6.45) is 0. The Kier molecular flexibility index (Phi) is 7.41. The summed E-state index contributed by atoms with van der Waals surface area (Å²) in [5.41, 5.74) is 14.5. The minimum Gasteiger partial charge on any atom is -0.456 e. The maximum absolute atomic E-state index is 6.55. The molecule has 3 heterocycles. The second kappa shape index (κ2) is 12.9. The third-order valence-electron chi connectivity index (χ3n) is 12.2. The number of rotatable bonds is 5. The first-order valence-electron chi connectivity index (χ1n) is 20.0. The third-order valence-corrected chi connectivity index (χ3v) is 13.4. The maximum atomic E-state index is 6.55. The van der Waals surface area contributed by atoms with Gasteiger partial charge in [0.25, 0.3) is 0 Å². The molecule has 0 saturated carbocycles. The van der Waals surface area contributed by atoms with Crippen LogP contribution < -0.4 is 0 Å². The number of aromatic nitrogens is 3. The molecule has 0 saturated heterocycles. The summed E-state index contributed by atoms with van der Waals surface area (Å²) in [6.45, 7) is 4.67. The van der Waals surface area contributed by atoms with E-state index in [0.717, 1.165) is 54.5 Å². The molecule has 12 rings (SSSR count). The summed E-state index contributed by atoms with van der Waals surface area (Å²) in [5, 5.41) is 4.45. The van der Waals surface area contributed by atoms with E-state index in [1.54, 1.807) is 11.3 Å². The van der Waals surface area contributed by atoms with Crippen LogP contribution in [0, 0.1) is 0 Å². The Morgan fingerprint density at radius 1 is 0.424 bits per heavy atom. The Hall–Kier alpha value is -7.21. The Balaban J connectivity index is 1.02. The predicted octanol–water partition coefficient (Wildman–Crippen LogP) is 14.8. The van der Waals surface area contributed by atoms with E-state index in [2.05, 4.69) is 159 Å². The number of benzene rings is 8. The molecule has 0 spiro atoms. The van der Waals surface area contributed by atoms with Crippen LogP contribution in [0.4, 0.5) is 0 Å². The molecule has 0 radical (unpaired) electrons. The first-order chi connectivity index (χ1) is 29.0. The van der Waals surface area contributed by atoms with Crippen LogP contribution in [-0.2, 0) is 5.41 Å². The normalized spacial score (nSPS) is 13.1. The first-order valence-corrected chi connectivity index (χ1v) is 20.8. The second-order valence-corrected chi connectivity index (χ2v) is 17.0. The molecule has 11 aromatic rings. The van der Waals surface area contributed by atoms with Gasteiger partial charge < -0.3 is 4.42 Å². The van der Waals surface area contributed by atoms with Gasteiger partial charge in [0.15, 0.2) is 17.5 Å². The zero-order chi connectivity index (χ0) is 39.2. The van der Waals surface area contributed by atoms with Gasteiger partial charge in [0.1, 0.15) is 11.2 Å². The van der Waals surface area contributed by atoms with Crippen molar-refractivity contribution < 1.29 is 4.42 Å². The fourth-order valence-electron chi connectivity index (χ4n) is 9.31. The highest BCUT2D eigenvalue weighted by molar-refractivity contribution is 7.26. The molecule has 0 N–H and O–H groups in total. The Morgan fingerprint density at radius 3 is 1.97 bits per heavy atom. The number of furan rings is 1. The van der Waals surface area contributed by atoms with Crippen LogP contribution in [0.25, 0.3) is 110 Å². The van der Waals surface area contributed by atoms with Crippen molar-refractivity contribution in [3.8, 4) is 67.5 Å². The molecule has 3 aromatic heterocycles. The molecule has 1 aliphatic carbocycles. The molecule has 0 fully saturated rings. The van der Waals surface area contributed by atoms with E-state index in [4.69, 9.17) is 19.4 Å². The van der Waals surface area contributed by atoms with Crippen molar-refractivity contribution in [1.82, 2.24) is 15.0 Å². The number of hydrogen-bond acceptors (Lipinski definition) is 5. The molecule has 0 bridgehead atoms. The number of hydrogen-bond donors (Lipinski definition) is 0. The second-order valence-electron chi connectivity index (χ2n) is 15.9. The fraction of sp³-hybridized carbons (Fsp3) is 0.0556. The van der Waals surface area contributed by atoms with Crippen molar-refractivity contribution in [2.24, 2.45) is 0 Å². The molecule has 4 nitrogen and oxygen atoms in total. The van der Waals surface area contributed by atoms with Gasteiger partial charge in [0.2, 0.25) is 0 Å². The van der Waals surface area contributed by atoms with Gasteiger partial charge in [-0.3, -0.25) is 0 Å². The first kappa shape index (κ1) is 33.9. The quantitative estimate of drug-likeness (QED) is 0.175. The van der Waals surface area contributed by atoms with E-state index < -0.39 is 0 Å². The predicted molar refractivity (Wildman–Crippen MR) is 245 cm³/mol. The summed E-state index contributed by atoms with van der Waals surface area (Å²) in [7, 11) is 0. The topological polar surface area (TPSA) is 51.8 Å². The minimum atomic E-state index is -0.0578. The van der Waals surface area contributed by atoms with E-state index in [1.165, 1.54) is 48.9 Å². The van der Waals surface area contributed by atoms with Gasteiger partial charge in [0, 0.05) is 53.1 Å².